The van der Waals surface area contributed by atoms with Crippen LogP contribution in [0.25, 0.3) is 0 Å². The number of primary sulfonamides is 1. The normalized spacial score (nSPS) is 19.0. The molecule has 6 nitrogen and oxygen atoms in total. The highest BCUT2D eigenvalue weighted by atomic mass is 32.2. The summed E-state index contributed by atoms with van der Waals surface area (Å²) in [5, 5.41) is 5.01. The lowest BCUT2D eigenvalue weighted by Crippen LogP contribution is -2.38. The fourth-order valence-corrected chi connectivity index (χ4v) is 3.01. The van der Waals surface area contributed by atoms with Crippen molar-refractivity contribution in [3.8, 4) is 0 Å². The predicted molar refractivity (Wildman–Crippen MR) is 73.7 cm³/mol. The van der Waals surface area contributed by atoms with Crippen LogP contribution in [0.3, 0.4) is 0 Å². The number of nitrogens with zero attached hydrogens (tertiary/aromatic N) is 1. The average molecular weight is 316 g/mol. The van der Waals surface area contributed by atoms with E-state index in [4.69, 9.17) is 9.88 Å². The molecule has 0 aliphatic carbocycles. The summed E-state index contributed by atoms with van der Waals surface area (Å²) in [7, 11) is -2.45. The molecule has 8 heteroatoms. The summed E-state index contributed by atoms with van der Waals surface area (Å²) in [6, 6.07) is 2.83. The fourth-order valence-electron chi connectivity index (χ4n) is 2.47. The van der Waals surface area contributed by atoms with E-state index in [1.165, 1.54) is 12.0 Å². The number of methoxy groups -OCH3 is 1. The lowest BCUT2D eigenvalue weighted by atomic mass is 10.1. The monoisotopic (exact) mass is 316 g/mol. The number of hydrogen-bond donors (Lipinski definition) is 1. The topological polar surface area (TPSA) is 89.7 Å². The second kappa shape index (κ2) is 6.08. The van der Waals surface area contributed by atoms with Gasteiger partial charge in [-0.25, -0.2) is 17.9 Å². The number of nitrogens with two attached hydrogens (primary N) is 1. The van der Waals surface area contributed by atoms with E-state index in [9.17, 15) is 17.6 Å². The van der Waals surface area contributed by atoms with Gasteiger partial charge in [0.05, 0.1) is 23.1 Å². The smallest absolute Gasteiger partial charge is 0.257 e. The maximum atomic E-state index is 13.9. The van der Waals surface area contributed by atoms with Crippen LogP contribution in [0, 0.1) is 5.82 Å². The van der Waals surface area contributed by atoms with Gasteiger partial charge in [0, 0.05) is 13.7 Å². The molecule has 1 saturated heterocycles. The van der Waals surface area contributed by atoms with E-state index >= 15 is 0 Å². The largest absolute Gasteiger partial charge is 0.383 e. The van der Waals surface area contributed by atoms with Crippen LogP contribution < -0.4 is 5.14 Å². The van der Waals surface area contributed by atoms with Gasteiger partial charge in [0.2, 0.25) is 10.0 Å². The van der Waals surface area contributed by atoms with Crippen LogP contribution in [0.1, 0.15) is 23.2 Å². The zero-order valence-corrected chi connectivity index (χ0v) is 12.4. The van der Waals surface area contributed by atoms with Crippen LogP contribution in [-0.4, -0.2) is 45.5 Å². The van der Waals surface area contributed by atoms with Crippen molar-refractivity contribution in [1.82, 2.24) is 4.90 Å². The molecule has 1 heterocycles. The molecule has 21 heavy (non-hydrogen) atoms. The summed E-state index contributed by atoms with van der Waals surface area (Å²) in [5.41, 5.74) is -0.287. The fraction of sp³-hybridized carbons (Fsp3) is 0.462. The van der Waals surface area contributed by atoms with Gasteiger partial charge in [0.25, 0.3) is 5.91 Å². The minimum Gasteiger partial charge on any atom is -0.383 e. The molecule has 1 aliphatic heterocycles. The summed E-state index contributed by atoms with van der Waals surface area (Å²) in [6.45, 7) is 0.855. The quantitative estimate of drug-likeness (QED) is 0.886. The van der Waals surface area contributed by atoms with Crippen LogP contribution >= 0.6 is 0 Å². The lowest BCUT2D eigenvalue weighted by Gasteiger charge is -2.24. The van der Waals surface area contributed by atoms with Gasteiger partial charge in [-0.05, 0) is 31.0 Å². The summed E-state index contributed by atoms with van der Waals surface area (Å²) in [6.07, 6.45) is 1.58. The Labute approximate surface area is 122 Å². The molecule has 2 N–H and O–H groups in total. The number of hydrogen-bond acceptors (Lipinski definition) is 4. The Morgan fingerprint density at radius 2 is 2.24 bits per heavy atom. The molecule has 1 fully saturated rings. The third-order valence-corrected chi connectivity index (χ3v) is 4.40. The molecule has 1 aliphatic rings. The van der Waals surface area contributed by atoms with E-state index < -0.39 is 21.7 Å². The van der Waals surface area contributed by atoms with Gasteiger partial charge in [-0.3, -0.25) is 4.79 Å². The summed E-state index contributed by atoms with van der Waals surface area (Å²) in [4.78, 5) is 13.7. The molecular formula is C13H17FN2O4S. The standard InChI is InChI=1S/C13H17FN2O4S/c1-20-8-9-3-2-6-16(9)13(17)11-7-10(21(15,18)19)4-5-12(11)14/h4-5,7,9H,2-3,6,8H2,1H3,(H2,15,18,19)/t9-/m1/s1. The second-order valence-corrected chi connectivity index (χ2v) is 6.50. The van der Waals surface area contributed by atoms with Gasteiger partial charge in [-0.2, -0.15) is 0 Å². The lowest BCUT2D eigenvalue weighted by molar-refractivity contribution is 0.0626. The maximum absolute atomic E-state index is 13.9. The third kappa shape index (κ3) is 3.39. The Hall–Kier alpha value is -1.51. The van der Waals surface area contributed by atoms with E-state index in [-0.39, 0.29) is 16.5 Å². The van der Waals surface area contributed by atoms with Crippen molar-refractivity contribution >= 4 is 15.9 Å². The highest BCUT2D eigenvalue weighted by Gasteiger charge is 2.31. The molecule has 0 spiro atoms. The predicted octanol–water partition coefficient (Wildman–Crippen LogP) is 0.724. The highest BCUT2D eigenvalue weighted by Crippen LogP contribution is 2.23. The van der Waals surface area contributed by atoms with Crippen molar-refractivity contribution < 1.29 is 22.3 Å². The molecule has 1 atom stereocenters. The van der Waals surface area contributed by atoms with Gasteiger partial charge >= 0.3 is 0 Å². The Bertz CT molecular complexity index is 648. The summed E-state index contributed by atoms with van der Waals surface area (Å²) in [5.74, 6) is -1.31. The van der Waals surface area contributed by atoms with Crippen molar-refractivity contribution in [2.24, 2.45) is 5.14 Å². The Kier molecular flexibility index (Phi) is 4.60. The number of ether oxygens (including phenoxy) is 1. The number of amides is 1. The first-order valence-corrected chi connectivity index (χ1v) is 8.01. The van der Waals surface area contributed by atoms with Crippen LogP contribution in [0.4, 0.5) is 4.39 Å². The minimum absolute atomic E-state index is 0.125. The van der Waals surface area contributed by atoms with Gasteiger partial charge in [-0.1, -0.05) is 0 Å². The third-order valence-electron chi connectivity index (χ3n) is 3.49. The Balaban J connectivity index is 2.34. The summed E-state index contributed by atoms with van der Waals surface area (Å²) >= 11 is 0. The average Bonchev–Trinajstić information content (AvgIpc) is 2.86. The number of carbonyl (C=O) groups excluding carboxylic acids is 1. The number of likely N-dealkylation sites (tertiary alicyclic amines) is 1. The first-order valence-electron chi connectivity index (χ1n) is 6.47. The van der Waals surface area contributed by atoms with Crippen LogP contribution in [0.2, 0.25) is 0 Å². The van der Waals surface area contributed by atoms with E-state index in [1.54, 1.807) is 0 Å². The van der Waals surface area contributed by atoms with Crippen molar-refractivity contribution in [3.05, 3.63) is 29.6 Å². The van der Waals surface area contributed by atoms with Crippen LogP contribution in [0.15, 0.2) is 23.1 Å². The molecule has 0 aromatic heterocycles. The molecule has 0 bridgehead atoms. The number of carbonyl (C=O) groups is 1. The van der Waals surface area contributed by atoms with Crippen LogP contribution in [0.5, 0.6) is 0 Å². The van der Waals surface area contributed by atoms with Crippen molar-refractivity contribution in [3.63, 3.8) is 0 Å². The molecule has 2 rings (SSSR count). The molecule has 0 saturated carbocycles. The first kappa shape index (κ1) is 15.9. The van der Waals surface area contributed by atoms with E-state index in [0.29, 0.717) is 13.2 Å². The molecule has 116 valence electrons. The number of benzene rings is 1. The zero-order chi connectivity index (χ0) is 15.6. The van der Waals surface area contributed by atoms with E-state index in [2.05, 4.69) is 0 Å². The zero-order valence-electron chi connectivity index (χ0n) is 11.6. The van der Waals surface area contributed by atoms with Gasteiger partial charge in [-0.15, -0.1) is 0 Å². The van der Waals surface area contributed by atoms with Crippen molar-refractivity contribution in [1.29, 1.82) is 0 Å². The summed E-state index contributed by atoms with van der Waals surface area (Å²) < 4.78 is 41.5. The number of sulfonamides is 1. The molecule has 1 aromatic carbocycles. The maximum Gasteiger partial charge on any atom is 0.257 e. The van der Waals surface area contributed by atoms with Gasteiger partial charge in [0.15, 0.2) is 0 Å². The van der Waals surface area contributed by atoms with Crippen molar-refractivity contribution in [2.75, 3.05) is 20.3 Å². The Morgan fingerprint density at radius 3 is 2.86 bits per heavy atom. The highest BCUT2D eigenvalue weighted by molar-refractivity contribution is 7.89. The first-order chi connectivity index (χ1) is 9.84. The SMILES string of the molecule is COC[C@H]1CCCN1C(=O)c1cc(S(N)(=O)=O)ccc1F. The Morgan fingerprint density at radius 1 is 1.52 bits per heavy atom. The van der Waals surface area contributed by atoms with Crippen molar-refractivity contribution in [2.45, 2.75) is 23.8 Å². The second-order valence-electron chi connectivity index (χ2n) is 4.94. The number of rotatable bonds is 4. The molecule has 1 aromatic rings. The molecule has 0 radical (unpaired) electrons. The molecule has 1 amide bonds. The molecule has 0 unspecified atom stereocenters. The van der Waals surface area contributed by atoms with Gasteiger partial charge < -0.3 is 9.64 Å². The minimum atomic E-state index is -3.98. The van der Waals surface area contributed by atoms with Gasteiger partial charge in [0.1, 0.15) is 5.82 Å². The van der Waals surface area contributed by atoms with E-state index in [1.807, 2.05) is 0 Å². The number of halogens is 1. The van der Waals surface area contributed by atoms with Crippen LogP contribution in [-0.2, 0) is 14.8 Å². The molecular weight excluding hydrogens is 299 g/mol. The van der Waals surface area contributed by atoms with E-state index in [0.717, 1.165) is 31.0 Å².